The Morgan fingerprint density at radius 2 is 1.62 bits per heavy atom. The van der Waals surface area contributed by atoms with Crippen LogP contribution < -0.4 is 15.6 Å². The standard InChI is InChI=1S/C17H18N2O5/c20-15(6-3-7-17(22)23)18-19-16(21)11-24-14-9-8-12-4-1-2-5-13(12)10-14/h1-2,4-5,8-10H,3,6-7,11H2,(H,18,20)(H,19,21)(H,22,23). The highest BCUT2D eigenvalue weighted by atomic mass is 16.5. The molecule has 0 aliphatic rings. The third-order valence-electron chi connectivity index (χ3n) is 3.23. The summed E-state index contributed by atoms with van der Waals surface area (Å²) in [5, 5.41) is 10.5. The average Bonchev–Trinajstić information content (AvgIpc) is 2.57. The molecule has 2 amide bonds. The van der Waals surface area contributed by atoms with E-state index >= 15 is 0 Å². The number of carboxylic acids is 1. The van der Waals surface area contributed by atoms with Gasteiger partial charge in [0.1, 0.15) is 5.75 Å². The molecule has 2 aromatic rings. The number of carboxylic acid groups (broad SMARTS) is 1. The summed E-state index contributed by atoms with van der Waals surface area (Å²) in [6, 6.07) is 13.3. The molecule has 7 heteroatoms. The lowest BCUT2D eigenvalue weighted by molar-refractivity contribution is -0.137. The Hall–Kier alpha value is -3.09. The van der Waals surface area contributed by atoms with Crippen molar-refractivity contribution in [1.29, 1.82) is 0 Å². The number of amides is 2. The fourth-order valence-corrected chi connectivity index (χ4v) is 2.04. The molecule has 24 heavy (non-hydrogen) atoms. The highest BCUT2D eigenvalue weighted by Gasteiger charge is 2.07. The summed E-state index contributed by atoms with van der Waals surface area (Å²) in [7, 11) is 0. The van der Waals surface area contributed by atoms with Crippen molar-refractivity contribution in [3.05, 3.63) is 42.5 Å². The third kappa shape index (κ3) is 5.60. The number of hydrogen-bond donors (Lipinski definition) is 3. The van der Waals surface area contributed by atoms with E-state index in [2.05, 4.69) is 10.9 Å². The topological polar surface area (TPSA) is 105 Å². The van der Waals surface area contributed by atoms with Gasteiger partial charge in [-0.2, -0.15) is 0 Å². The highest BCUT2D eigenvalue weighted by Crippen LogP contribution is 2.20. The minimum Gasteiger partial charge on any atom is -0.484 e. The van der Waals surface area contributed by atoms with Gasteiger partial charge < -0.3 is 9.84 Å². The highest BCUT2D eigenvalue weighted by molar-refractivity contribution is 5.84. The number of fused-ring (bicyclic) bond motifs is 1. The summed E-state index contributed by atoms with van der Waals surface area (Å²) in [5.41, 5.74) is 4.43. The Morgan fingerprint density at radius 3 is 2.38 bits per heavy atom. The molecule has 0 aliphatic carbocycles. The molecule has 0 fully saturated rings. The van der Waals surface area contributed by atoms with Crippen LogP contribution in [0.25, 0.3) is 10.8 Å². The Labute approximate surface area is 138 Å². The molecule has 0 atom stereocenters. The van der Waals surface area contributed by atoms with E-state index in [0.717, 1.165) is 10.8 Å². The molecular weight excluding hydrogens is 312 g/mol. The van der Waals surface area contributed by atoms with Gasteiger partial charge in [0.25, 0.3) is 5.91 Å². The SMILES string of the molecule is O=C(O)CCCC(=O)NNC(=O)COc1ccc2ccccc2c1. The molecule has 0 saturated carbocycles. The molecule has 0 bridgehead atoms. The Morgan fingerprint density at radius 1 is 0.917 bits per heavy atom. The van der Waals surface area contributed by atoms with Gasteiger partial charge in [-0.25, -0.2) is 0 Å². The third-order valence-corrected chi connectivity index (χ3v) is 3.23. The van der Waals surface area contributed by atoms with E-state index in [1.165, 1.54) is 0 Å². The van der Waals surface area contributed by atoms with E-state index in [1.54, 1.807) is 6.07 Å². The summed E-state index contributed by atoms with van der Waals surface area (Å²) in [4.78, 5) is 33.3. The summed E-state index contributed by atoms with van der Waals surface area (Å²) >= 11 is 0. The summed E-state index contributed by atoms with van der Waals surface area (Å²) in [6.07, 6.45) is 0.148. The fraction of sp³-hybridized carbons (Fsp3) is 0.235. The van der Waals surface area contributed by atoms with Gasteiger partial charge in [-0.05, 0) is 29.3 Å². The molecule has 126 valence electrons. The van der Waals surface area contributed by atoms with E-state index in [4.69, 9.17) is 9.84 Å². The molecule has 3 N–H and O–H groups in total. The van der Waals surface area contributed by atoms with Gasteiger partial charge in [0.05, 0.1) is 0 Å². The molecule has 0 aliphatic heterocycles. The van der Waals surface area contributed by atoms with Crippen LogP contribution in [0.3, 0.4) is 0 Å². The predicted molar refractivity (Wildman–Crippen MR) is 87.2 cm³/mol. The number of nitrogens with one attached hydrogen (secondary N) is 2. The first-order valence-corrected chi connectivity index (χ1v) is 7.45. The molecule has 7 nitrogen and oxygen atoms in total. The van der Waals surface area contributed by atoms with E-state index in [0.29, 0.717) is 5.75 Å². The first kappa shape index (κ1) is 17.3. The van der Waals surface area contributed by atoms with Gasteiger partial charge in [0.15, 0.2) is 6.61 Å². The van der Waals surface area contributed by atoms with Crippen LogP contribution in [-0.2, 0) is 14.4 Å². The fourth-order valence-electron chi connectivity index (χ4n) is 2.04. The van der Waals surface area contributed by atoms with Crippen LogP contribution in [0, 0.1) is 0 Å². The van der Waals surface area contributed by atoms with Gasteiger partial charge in [0.2, 0.25) is 5.91 Å². The van der Waals surface area contributed by atoms with Crippen molar-refractivity contribution in [3.8, 4) is 5.75 Å². The number of rotatable bonds is 7. The zero-order valence-corrected chi connectivity index (χ0v) is 13.0. The monoisotopic (exact) mass is 330 g/mol. The Balaban J connectivity index is 1.72. The van der Waals surface area contributed by atoms with Gasteiger partial charge in [-0.1, -0.05) is 30.3 Å². The number of carbonyl (C=O) groups is 3. The van der Waals surface area contributed by atoms with E-state index < -0.39 is 17.8 Å². The minimum absolute atomic E-state index is 0.0259. The first-order valence-electron chi connectivity index (χ1n) is 7.45. The van der Waals surface area contributed by atoms with E-state index in [-0.39, 0.29) is 25.9 Å². The van der Waals surface area contributed by atoms with Crippen LogP contribution in [0.1, 0.15) is 19.3 Å². The second-order valence-electron chi connectivity index (χ2n) is 5.14. The van der Waals surface area contributed by atoms with E-state index in [1.807, 2.05) is 36.4 Å². The molecule has 0 aromatic heterocycles. The largest absolute Gasteiger partial charge is 0.484 e. The molecule has 0 spiro atoms. The molecule has 2 rings (SSSR count). The van der Waals surface area contributed by atoms with Gasteiger partial charge in [-0.3, -0.25) is 25.2 Å². The Bertz CT molecular complexity index is 745. The maximum absolute atomic E-state index is 11.6. The van der Waals surface area contributed by atoms with Crippen LogP contribution in [0.5, 0.6) is 5.75 Å². The zero-order valence-electron chi connectivity index (χ0n) is 13.0. The number of ether oxygens (including phenoxy) is 1. The molecule has 0 heterocycles. The van der Waals surface area contributed by atoms with Crippen molar-refractivity contribution in [2.75, 3.05) is 6.61 Å². The lowest BCUT2D eigenvalue weighted by Crippen LogP contribution is -2.43. The smallest absolute Gasteiger partial charge is 0.303 e. The van der Waals surface area contributed by atoms with Crippen molar-refractivity contribution >= 4 is 28.6 Å². The van der Waals surface area contributed by atoms with Crippen molar-refractivity contribution in [2.24, 2.45) is 0 Å². The average molecular weight is 330 g/mol. The molecule has 2 aromatic carbocycles. The summed E-state index contributed by atoms with van der Waals surface area (Å²) in [5.74, 6) is -1.36. The van der Waals surface area contributed by atoms with Crippen molar-refractivity contribution < 1.29 is 24.2 Å². The normalized spacial score (nSPS) is 10.2. The summed E-state index contributed by atoms with van der Waals surface area (Å²) in [6.45, 7) is -0.242. The maximum Gasteiger partial charge on any atom is 0.303 e. The second kappa shape index (κ2) is 8.52. The number of benzene rings is 2. The molecule has 0 radical (unpaired) electrons. The van der Waals surface area contributed by atoms with Crippen LogP contribution in [0.15, 0.2) is 42.5 Å². The van der Waals surface area contributed by atoms with E-state index in [9.17, 15) is 14.4 Å². The predicted octanol–water partition coefficient (Wildman–Crippen LogP) is 1.62. The van der Waals surface area contributed by atoms with Gasteiger partial charge >= 0.3 is 5.97 Å². The lowest BCUT2D eigenvalue weighted by atomic mass is 10.1. The Kier molecular flexibility index (Phi) is 6.13. The summed E-state index contributed by atoms with van der Waals surface area (Å²) < 4.78 is 5.38. The van der Waals surface area contributed by atoms with Gasteiger partial charge in [-0.15, -0.1) is 0 Å². The first-order chi connectivity index (χ1) is 11.5. The zero-order chi connectivity index (χ0) is 17.4. The number of hydrogen-bond acceptors (Lipinski definition) is 4. The van der Waals surface area contributed by atoms with Gasteiger partial charge in [0, 0.05) is 12.8 Å². The van der Waals surface area contributed by atoms with Crippen LogP contribution >= 0.6 is 0 Å². The van der Waals surface area contributed by atoms with Crippen LogP contribution in [0.4, 0.5) is 0 Å². The second-order valence-corrected chi connectivity index (χ2v) is 5.14. The minimum atomic E-state index is -0.962. The van der Waals surface area contributed by atoms with Crippen molar-refractivity contribution in [3.63, 3.8) is 0 Å². The number of hydrazine groups is 1. The molecular formula is C17H18N2O5. The van der Waals surface area contributed by atoms with Crippen LogP contribution in [0.2, 0.25) is 0 Å². The van der Waals surface area contributed by atoms with Crippen molar-refractivity contribution in [2.45, 2.75) is 19.3 Å². The maximum atomic E-state index is 11.6. The molecule has 0 unspecified atom stereocenters. The number of aliphatic carboxylic acids is 1. The molecule has 0 saturated heterocycles. The number of carbonyl (C=O) groups excluding carboxylic acids is 2. The van der Waals surface area contributed by atoms with Crippen LogP contribution in [-0.4, -0.2) is 29.5 Å². The van der Waals surface area contributed by atoms with Crippen molar-refractivity contribution in [1.82, 2.24) is 10.9 Å². The quantitative estimate of drug-likeness (QED) is 0.669. The lowest BCUT2D eigenvalue weighted by Gasteiger charge is -2.09.